The van der Waals surface area contributed by atoms with Gasteiger partial charge in [0.15, 0.2) is 0 Å². The predicted octanol–water partition coefficient (Wildman–Crippen LogP) is 3.71. The van der Waals surface area contributed by atoms with Crippen LogP contribution in [-0.4, -0.2) is 0 Å². The Balaban J connectivity index is 1.76. The van der Waals surface area contributed by atoms with Crippen molar-refractivity contribution in [3.8, 4) is 0 Å². The summed E-state index contributed by atoms with van der Waals surface area (Å²) in [5.74, 6) is 6.71. The fraction of sp³-hybridized carbons (Fsp3) is 1.00. The lowest BCUT2D eigenvalue weighted by Crippen LogP contribution is -2.15. The van der Waals surface area contributed by atoms with Gasteiger partial charge in [-0.15, -0.1) is 0 Å². The van der Waals surface area contributed by atoms with Crippen molar-refractivity contribution >= 4 is 0 Å². The van der Waals surface area contributed by atoms with Gasteiger partial charge in [-0.1, -0.05) is 13.8 Å². The maximum atomic E-state index is 2.42. The van der Waals surface area contributed by atoms with E-state index in [1.54, 1.807) is 32.1 Å². The molecule has 2 bridgehead atoms. The van der Waals surface area contributed by atoms with Crippen LogP contribution in [0.3, 0.4) is 0 Å². The number of fused-ring (bicyclic) bond motifs is 5. The summed E-state index contributed by atoms with van der Waals surface area (Å²) in [6, 6.07) is 0. The van der Waals surface area contributed by atoms with Gasteiger partial charge in [0, 0.05) is 0 Å². The molecule has 0 heteroatoms. The van der Waals surface area contributed by atoms with E-state index in [9.17, 15) is 0 Å². The van der Waals surface area contributed by atoms with Crippen molar-refractivity contribution in [1.29, 1.82) is 0 Å². The van der Waals surface area contributed by atoms with E-state index in [2.05, 4.69) is 13.8 Å². The molecule has 3 fully saturated rings. The molecule has 3 aliphatic carbocycles. The summed E-state index contributed by atoms with van der Waals surface area (Å²) >= 11 is 0. The number of rotatable bonds is 1. The third-order valence-corrected chi connectivity index (χ3v) is 5.37. The Kier molecular flexibility index (Phi) is 1.76. The lowest BCUT2D eigenvalue weighted by Gasteiger charge is -2.23. The van der Waals surface area contributed by atoms with Crippen LogP contribution in [0.15, 0.2) is 0 Å². The van der Waals surface area contributed by atoms with Crippen LogP contribution in [0.5, 0.6) is 0 Å². The van der Waals surface area contributed by atoms with Gasteiger partial charge in [0.2, 0.25) is 0 Å². The van der Waals surface area contributed by atoms with Crippen LogP contribution in [0.4, 0.5) is 0 Å². The average Bonchev–Trinajstić information content (AvgIpc) is 2.76. The fourth-order valence-corrected chi connectivity index (χ4v) is 4.60. The number of hydrogen-bond donors (Lipinski definition) is 0. The van der Waals surface area contributed by atoms with Crippen LogP contribution in [-0.2, 0) is 0 Å². The molecular formula is C13H22. The van der Waals surface area contributed by atoms with Gasteiger partial charge in [0.1, 0.15) is 0 Å². The second kappa shape index (κ2) is 2.74. The van der Waals surface area contributed by atoms with Crippen molar-refractivity contribution < 1.29 is 0 Å². The average molecular weight is 178 g/mol. The highest BCUT2D eigenvalue weighted by molar-refractivity contribution is 5.01. The minimum absolute atomic E-state index is 0.949. The van der Waals surface area contributed by atoms with Crippen LogP contribution < -0.4 is 0 Å². The van der Waals surface area contributed by atoms with Crippen LogP contribution in [0.25, 0.3) is 0 Å². The molecule has 3 rings (SSSR count). The number of hydrogen-bond acceptors (Lipinski definition) is 0. The van der Waals surface area contributed by atoms with E-state index in [0.29, 0.717) is 0 Å². The molecule has 4 unspecified atom stereocenters. The van der Waals surface area contributed by atoms with E-state index >= 15 is 0 Å². The highest BCUT2D eigenvalue weighted by Crippen LogP contribution is 2.60. The summed E-state index contributed by atoms with van der Waals surface area (Å²) in [5.41, 5.74) is 0. The highest BCUT2D eigenvalue weighted by Gasteiger charge is 2.51. The molecule has 0 aromatic carbocycles. The van der Waals surface area contributed by atoms with Gasteiger partial charge >= 0.3 is 0 Å². The van der Waals surface area contributed by atoms with Crippen LogP contribution in [0.2, 0.25) is 0 Å². The van der Waals surface area contributed by atoms with Crippen molar-refractivity contribution in [2.24, 2.45) is 35.5 Å². The van der Waals surface area contributed by atoms with E-state index in [1.165, 1.54) is 23.7 Å². The molecule has 4 atom stereocenters. The van der Waals surface area contributed by atoms with Gasteiger partial charge in [0.05, 0.1) is 0 Å². The SMILES string of the molecule is CC(C)C1CC2C3CCC(C3)C2C1. The first-order chi connectivity index (χ1) is 6.25. The van der Waals surface area contributed by atoms with Crippen molar-refractivity contribution in [1.82, 2.24) is 0 Å². The molecule has 0 amide bonds. The smallest absolute Gasteiger partial charge is 0.0352 e. The Bertz CT molecular complexity index is 188. The first-order valence-electron chi connectivity index (χ1n) is 6.25. The molecule has 0 radical (unpaired) electrons. The lowest BCUT2D eigenvalue weighted by atomic mass is 9.82. The predicted molar refractivity (Wildman–Crippen MR) is 55.4 cm³/mol. The van der Waals surface area contributed by atoms with Gasteiger partial charge in [-0.05, 0) is 67.6 Å². The Morgan fingerprint density at radius 3 is 1.85 bits per heavy atom. The zero-order valence-corrected chi connectivity index (χ0v) is 9.00. The first kappa shape index (κ1) is 8.32. The third kappa shape index (κ3) is 1.10. The van der Waals surface area contributed by atoms with E-state index in [0.717, 1.165) is 11.8 Å². The molecule has 3 aliphatic rings. The highest BCUT2D eigenvalue weighted by atomic mass is 14.6. The molecule has 0 spiro atoms. The molecule has 0 N–H and O–H groups in total. The molecule has 74 valence electrons. The van der Waals surface area contributed by atoms with E-state index in [1.807, 2.05) is 0 Å². The normalized spacial score (nSPS) is 53.3. The molecule has 0 aliphatic heterocycles. The second-order valence-corrected chi connectivity index (χ2v) is 6.14. The van der Waals surface area contributed by atoms with E-state index < -0.39 is 0 Å². The molecule has 0 aromatic rings. The maximum absolute atomic E-state index is 2.42. The Morgan fingerprint density at radius 2 is 1.38 bits per heavy atom. The monoisotopic (exact) mass is 178 g/mol. The molecule has 0 heterocycles. The maximum Gasteiger partial charge on any atom is -0.0352 e. The summed E-state index contributed by atoms with van der Waals surface area (Å²) in [4.78, 5) is 0. The van der Waals surface area contributed by atoms with Crippen LogP contribution >= 0.6 is 0 Å². The zero-order valence-electron chi connectivity index (χ0n) is 9.00. The Labute approximate surface area is 82.1 Å². The topological polar surface area (TPSA) is 0 Å². The standard InChI is InChI=1S/C13H22/c1-8(2)11-6-12-9-3-4-10(5-9)13(12)7-11/h8-13H,3-7H2,1-2H3. The van der Waals surface area contributed by atoms with Gasteiger partial charge in [-0.25, -0.2) is 0 Å². The van der Waals surface area contributed by atoms with Crippen LogP contribution in [0.1, 0.15) is 46.0 Å². The van der Waals surface area contributed by atoms with Gasteiger partial charge < -0.3 is 0 Å². The third-order valence-electron chi connectivity index (χ3n) is 5.37. The molecule has 0 aromatic heterocycles. The summed E-state index contributed by atoms with van der Waals surface area (Å²) < 4.78 is 0. The zero-order chi connectivity index (χ0) is 9.00. The minimum atomic E-state index is 0.949. The van der Waals surface area contributed by atoms with E-state index in [-0.39, 0.29) is 0 Å². The second-order valence-electron chi connectivity index (χ2n) is 6.14. The van der Waals surface area contributed by atoms with Gasteiger partial charge in [-0.3, -0.25) is 0 Å². The molecule has 0 saturated heterocycles. The Hall–Kier alpha value is 0. The van der Waals surface area contributed by atoms with Crippen LogP contribution in [0, 0.1) is 35.5 Å². The summed E-state index contributed by atoms with van der Waals surface area (Å²) in [6.45, 7) is 4.85. The van der Waals surface area contributed by atoms with Crippen molar-refractivity contribution in [2.45, 2.75) is 46.0 Å². The van der Waals surface area contributed by atoms with Crippen molar-refractivity contribution in [3.63, 3.8) is 0 Å². The quantitative estimate of drug-likeness (QED) is 0.574. The largest absolute Gasteiger partial charge is 0.0625 e. The summed E-state index contributed by atoms with van der Waals surface area (Å²) in [7, 11) is 0. The van der Waals surface area contributed by atoms with Gasteiger partial charge in [0.25, 0.3) is 0 Å². The van der Waals surface area contributed by atoms with Gasteiger partial charge in [-0.2, -0.15) is 0 Å². The van der Waals surface area contributed by atoms with Crippen molar-refractivity contribution in [3.05, 3.63) is 0 Å². The minimum Gasteiger partial charge on any atom is -0.0625 e. The Morgan fingerprint density at radius 1 is 0.846 bits per heavy atom. The van der Waals surface area contributed by atoms with E-state index in [4.69, 9.17) is 0 Å². The molecule has 3 saturated carbocycles. The van der Waals surface area contributed by atoms with Crippen molar-refractivity contribution in [2.75, 3.05) is 0 Å². The molecular weight excluding hydrogens is 156 g/mol. The summed E-state index contributed by atoms with van der Waals surface area (Å²) in [5, 5.41) is 0. The molecule has 13 heavy (non-hydrogen) atoms. The summed E-state index contributed by atoms with van der Waals surface area (Å²) in [6.07, 6.45) is 7.94. The molecule has 0 nitrogen and oxygen atoms in total. The first-order valence-corrected chi connectivity index (χ1v) is 6.25. The lowest BCUT2D eigenvalue weighted by molar-refractivity contribution is 0.259. The fourth-order valence-electron chi connectivity index (χ4n) is 4.60.